The number of fused-ring (bicyclic) bond motifs is 1. The molecular formula is C21H22N4O2. The van der Waals surface area contributed by atoms with Crippen LogP contribution in [-0.4, -0.2) is 31.9 Å². The van der Waals surface area contributed by atoms with Gasteiger partial charge in [-0.1, -0.05) is 18.2 Å². The van der Waals surface area contributed by atoms with E-state index in [1.807, 2.05) is 41.3 Å². The molecule has 1 saturated heterocycles. The first-order valence-corrected chi connectivity index (χ1v) is 9.38. The molecule has 0 aliphatic carbocycles. The highest BCUT2D eigenvalue weighted by Crippen LogP contribution is 2.31. The lowest BCUT2D eigenvalue weighted by atomic mass is 10.1. The first kappa shape index (κ1) is 17.4. The number of aryl methyl sites for hydroxylation is 1. The SMILES string of the molecule is O=C(CCCn1cnc2ccccc2c1=O)N1CCC[C@@H]1c1ccccn1. The molecule has 3 aromatic rings. The second-order valence-corrected chi connectivity index (χ2v) is 6.86. The second-order valence-electron chi connectivity index (χ2n) is 6.86. The number of likely N-dealkylation sites (tertiary alicyclic amines) is 1. The van der Waals surface area contributed by atoms with E-state index < -0.39 is 0 Å². The van der Waals surface area contributed by atoms with Crippen LogP contribution in [0.2, 0.25) is 0 Å². The lowest BCUT2D eigenvalue weighted by Gasteiger charge is -2.24. The molecule has 27 heavy (non-hydrogen) atoms. The van der Waals surface area contributed by atoms with Crippen LogP contribution in [0.1, 0.15) is 37.4 Å². The van der Waals surface area contributed by atoms with Crippen molar-refractivity contribution in [2.75, 3.05) is 6.54 Å². The Balaban J connectivity index is 1.40. The van der Waals surface area contributed by atoms with Crippen molar-refractivity contribution in [3.8, 4) is 0 Å². The minimum atomic E-state index is -0.0550. The molecule has 1 atom stereocenters. The Kier molecular flexibility index (Phi) is 4.96. The lowest BCUT2D eigenvalue weighted by molar-refractivity contribution is -0.132. The topological polar surface area (TPSA) is 68.1 Å². The number of carbonyl (C=O) groups excluding carboxylic acids is 1. The maximum Gasteiger partial charge on any atom is 0.261 e. The maximum absolute atomic E-state index is 12.7. The molecule has 0 radical (unpaired) electrons. The van der Waals surface area contributed by atoms with E-state index in [2.05, 4.69) is 9.97 Å². The zero-order valence-electron chi connectivity index (χ0n) is 15.1. The zero-order valence-corrected chi connectivity index (χ0v) is 15.1. The first-order chi connectivity index (χ1) is 13.2. The highest BCUT2D eigenvalue weighted by Gasteiger charge is 2.30. The van der Waals surface area contributed by atoms with E-state index >= 15 is 0 Å². The minimum Gasteiger partial charge on any atom is -0.334 e. The highest BCUT2D eigenvalue weighted by molar-refractivity contribution is 5.77. The van der Waals surface area contributed by atoms with E-state index in [0.29, 0.717) is 30.3 Å². The molecule has 0 unspecified atom stereocenters. The molecule has 6 heteroatoms. The normalized spacial score (nSPS) is 16.7. The Hall–Kier alpha value is -3.02. The molecule has 0 N–H and O–H groups in total. The molecule has 6 nitrogen and oxygen atoms in total. The Labute approximate surface area is 157 Å². The standard InChI is InChI=1S/C21H22N4O2/c26-20(25-14-5-10-19(25)18-9-3-4-12-22-18)11-6-13-24-15-23-17-8-2-1-7-16(17)21(24)27/h1-4,7-9,12,15,19H,5-6,10-11,13-14H2/t19-/m1/s1. The number of carbonyl (C=O) groups is 1. The van der Waals surface area contributed by atoms with Crippen LogP contribution in [0.25, 0.3) is 10.9 Å². The van der Waals surface area contributed by atoms with Crippen molar-refractivity contribution in [1.82, 2.24) is 19.4 Å². The van der Waals surface area contributed by atoms with Gasteiger partial charge in [0.1, 0.15) is 0 Å². The molecule has 1 fully saturated rings. The molecule has 1 aliphatic rings. The highest BCUT2D eigenvalue weighted by atomic mass is 16.2. The fraction of sp³-hybridized carbons (Fsp3) is 0.333. The number of nitrogens with zero attached hydrogens (tertiary/aromatic N) is 4. The van der Waals surface area contributed by atoms with Crippen LogP contribution in [0, 0.1) is 0 Å². The average Bonchev–Trinajstić information content (AvgIpc) is 3.20. The van der Waals surface area contributed by atoms with Crippen molar-refractivity contribution in [3.63, 3.8) is 0 Å². The molecule has 2 aromatic heterocycles. The minimum absolute atomic E-state index is 0.0550. The third-order valence-corrected chi connectivity index (χ3v) is 5.12. The van der Waals surface area contributed by atoms with Gasteiger partial charge in [0.05, 0.1) is 29.0 Å². The van der Waals surface area contributed by atoms with E-state index in [0.717, 1.165) is 25.1 Å². The summed E-state index contributed by atoms with van der Waals surface area (Å²) in [4.78, 5) is 35.9. The van der Waals surface area contributed by atoms with E-state index in [-0.39, 0.29) is 17.5 Å². The maximum atomic E-state index is 12.7. The van der Waals surface area contributed by atoms with Crippen LogP contribution < -0.4 is 5.56 Å². The molecule has 0 saturated carbocycles. The predicted octanol–water partition coefficient (Wildman–Crippen LogP) is 2.94. The van der Waals surface area contributed by atoms with Crippen LogP contribution in [0.3, 0.4) is 0 Å². The van der Waals surface area contributed by atoms with Gasteiger partial charge < -0.3 is 4.90 Å². The monoisotopic (exact) mass is 362 g/mol. The van der Waals surface area contributed by atoms with Gasteiger partial charge in [-0.2, -0.15) is 0 Å². The zero-order chi connectivity index (χ0) is 18.6. The van der Waals surface area contributed by atoms with Gasteiger partial charge in [-0.25, -0.2) is 4.98 Å². The van der Waals surface area contributed by atoms with Gasteiger partial charge in [0, 0.05) is 25.7 Å². The fourth-order valence-electron chi connectivity index (χ4n) is 3.76. The number of aromatic nitrogens is 3. The molecule has 1 aliphatic heterocycles. The number of hydrogen-bond donors (Lipinski definition) is 0. The van der Waals surface area contributed by atoms with Crippen LogP contribution in [0.4, 0.5) is 0 Å². The van der Waals surface area contributed by atoms with Crippen LogP contribution in [0.15, 0.2) is 59.8 Å². The molecule has 3 heterocycles. The summed E-state index contributed by atoms with van der Waals surface area (Å²) in [5.41, 5.74) is 1.60. The molecule has 138 valence electrons. The summed E-state index contributed by atoms with van der Waals surface area (Å²) in [7, 11) is 0. The summed E-state index contributed by atoms with van der Waals surface area (Å²) < 4.78 is 1.59. The smallest absolute Gasteiger partial charge is 0.261 e. The van der Waals surface area contributed by atoms with E-state index in [1.54, 1.807) is 23.2 Å². The molecule has 0 spiro atoms. The van der Waals surface area contributed by atoms with Gasteiger partial charge in [0.15, 0.2) is 0 Å². The van der Waals surface area contributed by atoms with Crippen molar-refractivity contribution < 1.29 is 4.79 Å². The van der Waals surface area contributed by atoms with Gasteiger partial charge in [-0.05, 0) is 43.5 Å². The summed E-state index contributed by atoms with van der Waals surface area (Å²) in [6.45, 7) is 1.27. The molecule has 1 amide bonds. The van der Waals surface area contributed by atoms with Crippen LogP contribution >= 0.6 is 0 Å². The van der Waals surface area contributed by atoms with Crippen molar-refractivity contribution in [3.05, 3.63) is 71.0 Å². The van der Waals surface area contributed by atoms with Crippen LogP contribution in [-0.2, 0) is 11.3 Å². The molecular weight excluding hydrogens is 340 g/mol. The molecule has 4 rings (SSSR count). The number of pyridine rings is 1. The third-order valence-electron chi connectivity index (χ3n) is 5.12. The quantitative estimate of drug-likeness (QED) is 0.700. The van der Waals surface area contributed by atoms with Gasteiger partial charge in [0.25, 0.3) is 5.56 Å². The van der Waals surface area contributed by atoms with E-state index in [9.17, 15) is 9.59 Å². The van der Waals surface area contributed by atoms with Gasteiger partial charge in [-0.15, -0.1) is 0 Å². The van der Waals surface area contributed by atoms with E-state index in [1.165, 1.54) is 0 Å². The second kappa shape index (κ2) is 7.70. The number of hydrogen-bond acceptors (Lipinski definition) is 4. The Bertz CT molecular complexity index is 1000. The molecule has 0 bridgehead atoms. The van der Waals surface area contributed by atoms with Gasteiger partial charge in [-0.3, -0.25) is 19.1 Å². The first-order valence-electron chi connectivity index (χ1n) is 9.38. The van der Waals surface area contributed by atoms with Crippen LogP contribution in [0.5, 0.6) is 0 Å². The van der Waals surface area contributed by atoms with Gasteiger partial charge >= 0.3 is 0 Å². The van der Waals surface area contributed by atoms with E-state index in [4.69, 9.17) is 0 Å². The summed E-state index contributed by atoms with van der Waals surface area (Å²) in [5.74, 6) is 0.130. The third kappa shape index (κ3) is 3.60. The summed E-state index contributed by atoms with van der Waals surface area (Å²) >= 11 is 0. The van der Waals surface area contributed by atoms with Crippen molar-refractivity contribution in [2.24, 2.45) is 0 Å². The number of amides is 1. The number of benzene rings is 1. The summed E-state index contributed by atoms with van der Waals surface area (Å²) in [6, 6.07) is 13.2. The Morgan fingerprint density at radius 3 is 2.81 bits per heavy atom. The largest absolute Gasteiger partial charge is 0.334 e. The fourth-order valence-corrected chi connectivity index (χ4v) is 3.76. The number of rotatable bonds is 5. The van der Waals surface area contributed by atoms with Crippen molar-refractivity contribution in [1.29, 1.82) is 0 Å². The van der Waals surface area contributed by atoms with Crippen molar-refractivity contribution >= 4 is 16.8 Å². The predicted molar refractivity (Wildman–Crippen MR) is 103 cm³/mol. The molecule has 1 aromatic carbocycles. The van der Waals surface area contributed by atoms with Gasteiger partial charge in [0.2, 0.25) is 5.91 Å². The number of para-hydroxylation sites is 1. The lowest BCUT2D eigenvalue weighted by Crippen LogP contribution is -2.31. The summed E-state index contributed by atoms with van der Waals surface area (Å²) in [5, 5.41) is 0.612. The Morgan fingerprint density at radius 1 is 1.11 bits per heavy atom. The average molecular weight is 362 g/mol. The Morgan fingerprint density at radius 2 is 1.96 bits per heavy atom. The van der Waals surface area contributed by atoms with Crippen molar-refractivity contribution in [2.45, 2.75) is 38.3 Å². The summed E-state index contributed by atoms with van der Waals surface area (Å²) in [6.07, 6.45) is 6.34.